The van der Waals surface area contributed by atoms with Crippen LogP contribution in [0.15, 0.2) is 54.3 Å². The summed E-state index contributed by atoms with van der Waals surface area (Å²) in [6.45, 7) is -0.426. The fraction of sp³-hybridized carbons (Fsp3) is 0.150. The number of ether oxygens (including phenoxy) is 1. The summed E-state index contributed by atoms with van der Waals surface area (Å²) >= 11 is 0. The highest BCUT2D eigenvalue weighted by atomic mass is 16.5. The lowest BCUT2D eigenvalue weighted by Gasteiger charge is -2.13. The first kappa shape index (κ1) is 18.0. The lowest BCUT2D eigenvalue weighted by molar-refractivity contribution is 0.0503. The molecule has 0 atom stereocenters. The standard InChI is InChI=1S/C20H18N4O3/c1-24(2)14-7-5-6-13(10-14)20(26)27-12-18(25)15(11-21)19-22-16-8-3-4-9-17(16)23-19/h3-10,25H,12H2,1-2H3,(H,22,23)/b18-15-. The number of nitrogens with one attached hydrogen (secondary N) is 1. The molecule has 1 heterocycles. The molecule has 0 saturated carbocycles. The minimum absolute atomic E-state index is 0.0685. The van der Waals surface area contributed by atoms with E-state index in [0.717, 1.165) is 11.2 Å². The van der Waals surface area contributed by atoms with Gasteiger partial charge in [0.05, 0.1) is 16.6 Å². The van der Waals surface area contributed by atoms with Crippen molar-refractivity contribution in [3.63, 3.8) is 0 Å². The van der Waals surface area contributed by atoms with E-state index in [4.69, 9.17) is 4.74 Å². The van der Waals surface area contributed by atoms with Gasteiger partial charge in [-0.1, -0.05) is 18.2 Å². The van der Waals surface area contributed by atoms with Gasteiger partial charge < -0.3 is 19.7 Å². The van der Waals surface area contributed by atoms with E-state index in [-0.39, 0.29) is 17.2 Å². The number of esters is 1. The number of aliphatic hydroxyl groups is 1. The fourth-order valence-corrected chi connectivity index (χ4v) is 2.53. The monoisotopic (exact) mass is 362 g/mol. The van der Waals surface area contributed by atoms with Crippen LogP contribution in [0.1, 0.15) is 16.2 Å². The number of H-pyrrole nitrogens is 1. The molecule has 7 nitrogen and oxygen atoms in total. The Bertz CT molecular complexity index is 1030. The molecule has 1 aromatic heterocycles. The second-order valence-electron chi connectivity index (χ2n) is 6.06. The summed E-state index contributed by atoms with van der Waals surface area (Å²) in [5.74, 6) is -0.734. The molecule has 0 unspecified atom stereocenters. The van der Waals surface area contributed by atoms with Crippen molar-refractivity contribution in [2.24, 2.45) is 0 Å². The second kappa shape index (κ2) is 7.62. The summed E-state index contributed by atoms with van der Waals surface area (Å²) in [7, 11) is 3.73. The van der Waals surface area contributed by atoms with Gasteiger partial charge in [0.2, 0.25) is 0 Å². The van der Waals surface area contributed by atoms with Crippen molar-refractivity contribution < 1.29 is 14.6 Å². The zero-order valence-corrected chi connectivity index (χ0v) is 14.9. The maximum Gasteiger partial charge on any atom is 0.338 e. The molecular weight excluding hydrogens is 344 g/mol. The number of nitrogens with zero attached hydrogens (tertiary/aromatic N) is 3. The predicted octanol–water partition coefficient (Wildman–Crippen LogP) is 3.28. The number of imidazole rings is 1. The Kier molecular flexibility index (Phi) is 5.08. The molecule has 0 aliphatic carbocycles. The molecule has 27 heavy (non-hydrogen) atoms. The Morgan fingerprint density at radius 3 is 2.74 bits per heavy atom. The number of carbonyl (C=O) groups excluding carboxylic acids is 1. The van der Waals surface area contributed by atoms with Crippen molar-refractivity contribution in [3.8, 4) is 6.07 Å². The first-order valence-corrected chi connectivity index (χ1v) is 8.21. The maximum absolute atomic E-state index is 12.2. The van der Waals surface area contributed by atoms with Crippen molar-refractivity contribution in [2.75, 3.05) is 25.6 Å². The van der Waals surface area contributed by atoms with Gasteiger partial charge in [-0.05, 0) is 30.3 Å². The summed E-state index contributed by atoms with van der Waals surface area (Å²) in [4.78, 5) is 21.3. The minimum Gasteiger partial charge on any atom is -0.507 e. The smallest absolute Gasteiger partial charge is 0.338 e. The molecule has 136 valence electrons. The van der Waals surface area contributed by atoms with Gasteiger partial charge >= 0.3 is 5.97 Å². The molecule has 0 aliphatic heterocycles. The number of carbonyl (C=O) groups is 1. The molecule has 2 N–H and O–H groups in total. The first-order chi connectivity index (χ1) is 13.0. The molecule has 3 rings (SSSR count). The quantitative estimate of drug-likeness (QED) is 0.410. The molecule has 0 spiro atoms. The zero-order chi connectivity index (χ0) is 19.4. The Morgan fingerprint density at radius 1 is 1.26 bits per heavy atom. The lowest BCUT2D eigenvalue weighted by atomic mass is 10.2. The number of hydrogen-bond donors (Lipinski definition) is 2. The highest BCUT2D eigenvalue weighted by molar-refractivity contribution is 5.91. The average molecular weight is 362 g/mol. The molecule has 0 bridgehead atoms. The molecular formula is C20H18N4O3. The third-order valence-corrected chi connectivity index (χ3v) is 3.96. The van der Waals surface area contributed by atoms with Crippen LogP contribution in [0.25, 0.3) is 16.6 Å². The van der Waals surface area contributed by atoms with Crippen molar-refractivity contribution in [2.45, 2.75) is 0 Å². The van der Waals surface area contributed by atoms with Crippen LogP contribution in [-0.2, 0) is 4.74 Å². The van der Waals surface area contributed by atoms with Crippen LogP contribution in [0.4, 0.5) is 5.69 Å². The number of aliphatic hydroxyl groups excluding tert-OH is 1. The van der Waals surface area contributed by atoms with E-state index in [1.165, 1.54) is 0 Å². The topological polar surface area (TPSA) is 102 Å². The normalized spacial score (nSPS) is 11.6. The molecule has 7 heteroatoms. The van der Waals surface area contributed by atoms with Gasteiger partial charge in [0.1, 0.15) is 18.2 Å². The number of hydrogen-bond acceptors (Lipinski definition) is 6. The molecule has 3 aromatic rings. The molecule has 0 amide bonds. The Labute approximate surface area is 156 Å². The molecule has 0 aliphatic rings. The van der Waals surface area contributed by atoms with E-state index in [0.29, 0.717) is 11.1 Å². The average Bonchev–Trinajstić information content (AvgIpc) is 3.10. The van der Waals surface area contributed by atoms with E-state index in [1.807, 2.05) is 49.3 Å². The van der Waals surface area contributed by atoms with Gasteiger partial charge in [-0.15, -0.1) is 0 Å². The molecule has 0 saturated heterocycles. The van der Waals surface area contributed by atoms with Crippen molar-refractivity contribution >= 4 is 28.3 Å². The van der Waals surface area contributed by atoms with Crippen LogP contribution in [0.2, 0.25) is 0 Å². The number of allylic oxidation sites excluding steroid dienone is 1. The first-order valence-electron chi connectivity index (χ1n) is 8.21. The Morgan fingerprint density at radius 2 is 2.04 bits per heavy atom. The van der Waals surface area contributed by atoms with Gasteiger partial charge in [-0.25, -0.2) is 9.78 Å². The Balaban J connectivity index is 1.78. The number of nitriles is 1. The van der Waals surface area contributed by atoms with Crippen molar-refractivity contribution in [1.82, 2.24) is 9.97 Å². The van der Waals surface area contributed by atoms with Gasteiger partial charge in [0.25, 0.3) is 0 Å². The minimum atomic E-state index is -0.591. The largest absolute Gasteiger partial charge is 0.507 e. The molecule has 2 aromatic carbocycles. The van der Waals surface area contributed by atoms with Gasteiger partial charge in [0, 0.05) is 19.8 Å². The molecule has 0 radical (unpaired) electrons. The zero-order valence-electron chi connectivity index (χ0n) is 14.9. The molecule has 0 fully saturated rings. The van der Waals surface area contributed by atoms with Crippen LogP contribution in [0, 0.1) is 11.3 Å². The summed E-state index contributed by atoms with van der Waals surface area (Å²) < 4.78 is 5.14. The van der Waals surface area contributed by atoms with E-state index >= 15 is 0 Å². The summed E-state index contributed by atoms with van der Waals surface area (Å²) in [6.07, 6.45) is 0. The van der Waals surface area contributed by atoms with Crippen molar-refractivity contribution in [1.29, 1.82) is 5.26 Å². The number of benzene rings is 2. The van der Waals surface area contributed by atoms with Crippen LogP contribution in [-0.4, -0.2) is 41.7 Å². The van der Waals surface area contributed by atoms with Crippen LogP contribution < -0.4 is 4.90 Å². The highest BCUT2D eigenvalue weighted by Crippen LogP contribution is 2.19. The van der Waals surface area contributed by atoms with Gasteiger partial charge in [0.15, 0.2) is 11.6 Å². The lowest BCUT2D eigenvalue weighted by Crippen LogP contribution is -2.12. The number of fused-ring (bicyclic) bond motifs is 1. The van der Waals surface area contributed by atoms with Crippen LogP contribution >= 0.6 is 0 Å². The number of aromatic amines is 1. The van der Waals surface area contributed by atoms with E-state index in [1.54, 1.807) is 24.3 Å². The summed E-state index contributed by atoms with van der Waals surface area (Å²) in [6, 6.07) is 16.1. The maximum atomic E-state index is 12.2. The van der Waals surface area contributed by atoms with E-state index in [9.17, 15) is 15.2 Å². The number of anilines is 1. The van der Waals surface area contributed by atoms with Crippen LogP contribution in [0.3, 0.4) is 0 Å². The number of rotatable bonds is 5. The Hall–Kier alpha value is -3.79. The third-order valence-electron chi connectivity index (χ3n) is 3.96. The summed E-state index contributed by atoms with van der Waals surface area (Å²) in [5, 5.41) is 19.6. The SMILES string of the molecule is CN(C)c1cccc(C(=O)OC/C(O)=C(\C#N)c2nc3ccccc3[nH]2)c1. The fourth-order valence-electron chi connectivity index (χ4n) is 2.53. The van der Waals surface area contributed by atoms with E-state index in [2.05, 4.69) is 9.97 Å². The number of aromatic nitrogens is 2. The van der Waals surface area contributed by atoms with Crippen molar-refractivity contribution in [3.05, 3.63) is 65.7 Å². The third kappa shape index (κ3) is 3.90. The van der Waals surface area contributed by atoms with E-state index < -0.39 is 12.6 Å². The van der Waals surface area contributed by atoms with Gasteiger partial charge in [-0.2, -0.15) is 5.26 Å². The van der Waals surface area contributed by atoms with Gasteiger partial charge in [-0.3, -0.25) is 0 Å². The van der Waals surface area contributed by atoms with Crippen LogP contribution in [0.5, 0.6) is 0 Å². The number of para-hydroxylation sites is 2. The predicted molar refractivity (Wildman–Crippen MR) is 102 cm³/mol. The summed E-state index contributed by atoms with van der Waals surface area (Å²) in [5.41, 5.74) is 2.55. The highest BCUT2D eigenvalue weighted by Gasteiger charge is 2.16. The second-order valence-corrected chi connectivity index (χ2v) is 6.06.